The lowest BCUT2D eigenvalue weighted by atomic mass is 10.3. The van der Waals surface area contributed by atoms with E-state index < -0.39 is 21.7 Å². The van der Waals surface area contributed by atoms with Gasteiger partial charge in [0.15, 0.2) is 0 Å². The van der Waals surface area contributed by atoms with E-state index in [9.17, 15) is 13.2 Å². The number of alkyl halides is 3. The lowest BCUT2D eigenvalue weighted by molar-refractivity contribution is -0.274. The molecule has 0 bridgehead atoms. The molecule has 1 unspecified atom stereocenters. The third kappa shape index (κ3) is 7.78. The fourth-order valence-corrected chi connectivity index (χ4v) is 11.8. The van der Waals surface area contributed by atoms with E-state index in [0.29, 0.717) is 5.30 Å². The van der Waals surface area contributed by atoms with Gasteiger partial charge in [-0.3, -0.25) is 0 Å². The van der Waals surface area contributed by atoms with Gasteiger partial charge in [-0.15, -0.1) is 13.2 Å². The van der Waals surface area contributed by atoms with E-state index in [1.807, 2.05) is 12.1 Å². The Morgan fingerprint density at radius 2 is 1.31 bits per heavy atom. The summed E-state index contributed by atoms with van der Waals surface area (Å²) in [5, 5.41) is 2.71. The summed E-state index contributed by atoms with van der Waals surface area (Å²) in [5.41, 5.74) is 0. The van der Waals surface area contributed by atoms with Crippen molar-refractivity contribution in [3.8, 4) is 5.75 Å². The maximum Gasteiger partial charge on any atom is 0.573 e. The maximum atomic E-state index is 12.8. The van der Waals surface area contributed by atoms with Gasteiger partial charge in [-0.2, -0.15) is 0 Å². The Kier molecular flexibility index (Phi) is 11.1. The average Bonchev–Trinajstić information content (AvgIpc) is 2.78. The lowest BCUT2D eigenvalue weighted by Gasteiger charge is -2.33. The molecule has 0 fully saturated rings. The first kappa shape index (κ1) is 27.2. The second kappa shape index (κ2) is 13.0. The summed E-state index contributed by atoms with van der Waals surface area (Å²) in [7, 11) is -3.09. The fourth-order valence-electron chi connectivity index (χ4n) is 4.27. The zero-order valence-electron chi connectivity index (χ0n) is 19.4. The molecule has 0 saturated heterocycles. The Bertz CT molecular complexity index is 792. The highest BCUT2D eigenvalue weighted by Gasteiger charge is 2.34. The topological polar surface area (TPSA) is 9.23 Å². The van der Waals surface area contributed by atoms with Gasteiger partial charge in [0.05, 0.1) is 15.3 Å². The highest BCUT2D eigenvalue weighted by atomic mass is 35.7. The van der Waals surface area contributed by atoms with Gasteiger partial charge in [0.1, 0.15) is 5.75 Å². The Balaban J connectivity index is 2.35. The van der Waals surface area contributed by atoms with Crippen molar-refractivity contribution in [2.45, 2.75) is 83.8 Å². The molecule has 0 spiro atoms. The van der Waals surface area contributed by atoms with E-state index in [1.54, 1.807) is 12.1 Å². The number of halogens is 4. The Morgan fingerprint density at radius 3 is 1.78 bits per heavy atom. The quantitative estimate of drug-likeness (QED) is 0.198. The van der Waals surface area contributed by atoms with Crippen molar-refractivity contribution in [3.63, 3.8) is 0 Å². The molecule has 32 heavy (non-hydrogen) atoms. The molecule has 0 N–H and O–H groups in total. The van der Waals surface area contributed by atoms with Crippen molar-refractivity contribution in [2.75, 3.05) is 0 Å². The van der Waals surface area contributed by atoms with Gasteiger partial charge in [0.2, 0.25) is 0 Å². The minimum Gasteiger partial charge on any atom is -0.405 e. The van der Waals surface area contributed by atoms with Crippen LogP contribution in [-0.4, -0.2) is 14.4 Å². The molecule has 2 aromatic carbocycles. The van der Waals surface area contributed by atoms with Crippen molar-refractivity contribution < 1.29 is 17.9 Å². The molecule has 178 valence electrons. The first-order valence-electron chi connectivity index (χ1n) is 11.7. The standard InChI is InChI=1S/C25H35ClF3OPSi/c1-4-7-18-32(19-8-5-2,20-9-6-3)22-16-14-21(15-17-22)31(26)24-13-11-10-12-23(24)30-25(27,28)29/h10-17H,4-9,18-20H2,1-3H3. The van der Waals surface area contributed by atoms with Crippen LogP contribution in [0.2, 0.25) is 18.1 Å². The van der Waals surface area contributed by atoms with Gasteiger partial charge in [-0.25, -0.2) is 0 Å². The van der Waals surface area contributed by atoms with E-state index in [1.165, 1.54) is 74.0 Å². The van der Waals surface area contributed by atoms with Crippen molar-refractivity contribution in [1.82, 2.24) is 0 Å². The zero-order chi connectivity index (χ0) is 23.6. The first-order valence-corrected chi connectivity index (χ1v) is 16.5. The molecule has 1 atom stereocenters. The van der Waals surface area contributed by atoms with E-state index >= 15 is 0 Å². The monoisotopic (exact) mass is 502 g/mol. The summed E-state index contributed by atoms with van der Waals surface area (Å²) in [4.78, 5) is 0. The van der Waals surface area contributed by atoms with E-state index in [0.717, 1.165) is 5.30 Å². The van der Waals surface area contributed by atoms with Crippen LogP contribution in [0.1, 0.15) is 59.3 Å². The molecule has 0 aliphatic rings. The predicted octanol–water partition coefficient (Wildman–Crippen LogP) is 8.23. The zero-order valence-corrected chi connectivity index (χ0v) is 22.0. The number of para-hydroxylation sites is 1. The van der Waals surface area contributed by atoms with Crippen LogP contribution in [0.4, 0.5) is 13.2 Å². The third-order valence-electron chi connectivity index (χ3n) is 6.04. The Labute approximate surface area is 198 Å². The van der Waals surface area contributed by atoms with Crippen LogP contribution in [0.15, 0.2) is 48.5 Å². The highest BCUT2D eigenvalue weighted by molar-refractivity contribution is 7.95. The van der Waals surface area contributed by atoms with Crippen molar-refractivity contribution in [2.24, 2.45) is 0 Å². The summed E-state index contributed by atoms with van der Waals surface area (Å²) >= 11 is 6.71. The smallest absolute Gasteiger partial charge is 0.405 e. The number of ether oxygens (including phenoxy) is 1. The van der Waals surface area contributed by atoms with Gasteiger partial charge in [0, 0.05) is 5.30 Å². The van der Waals surface area contributed by atoms with Crippen molar-refractivity contribution in [1.29, 1.82) is 0 Å². The minimum atomic E-state index is -4.74. The molecule has 0 aliphatic heterocycles. The summed E-state index contributed by atoms with van der Waals surface area (Å²) in [6.45, 7) is 6.76. The summed E-state index contributed by atoms with van der Waals surface area (Å²) < 4.78 is 42.7. The minimum absolute atomic E-state index is 0.220. The van der Waals surface area contributed by atoms with Crippen LogP contribution < -0.4 is 20.5 Å². The molecule has 0 radical (unpaired) electrons. The van der Waals surface area contributed by atoms with Crippen molar-refractivity contribution in [3.05, 3.63) is 48.5 Å². The van der Waals surface area contributed by atoms with Gasteiger partial charge in [-0.1, -0.05) is 130 Å². The average molecular weight is 503 g/mol. The van der Waals surface area contributed by atoms with Crippen molar-refractivity contribution >= 4 is 42.4 Å². The molecule has 0 aliphatic carbocycles. The Hall–Kier alpha value is -1.03. The van der Waals surface area contributed by atoms with Gasteiger partial charge < -0.3 is 4.74 Å². The van der Waals surface area contributed by atoms with Crippen LogP contribution in [0.3, 0.4) is 0 Å². The maximum absolute atomic E-state index is 12.8. The van der Waals surface area contributed by atoms with Crippen LogP contribution in [-0.2, 0) is 0 Å². The number of hydrogen-bond acceptors (Lipinski definition) is 1. The number of hydrogen-bond donors (Lipinski definition) is 0. The fraction of sp³-hybridized carbons (Fsp3) is 0.520. The third-order valence-corrected chi connectivity index (χ3v) is 14.2. The first-order chi connectivity index (χ1) is 15.3. The number of unbranched alkanes of at least 4 members (excludes halogenated alkanes) is 3. The van der Waals surface area contributed by atoms with Crippen LogP contribution in [0.5, 0.6) is 5.75 Å². The second-order valence-corrected chi connectivity index (χ2v) is 15.6. The second-order valence-electron chi connectivity index (χ2n) is 8.43. The normalized spacial score (nSPS) is 13.2. The van der Waals surface area contributed by atoms with Crippen LogP contribution in [0.25, 0.3) is 0 Å². The van der Waals surface area contributed by atoms with E-state index in [2.05, 4.69) is 37.6 Å². The van der Waals surface area contributed by atoms with E-state index in [4.69, 9.17) is 11.2 Å². The molecule has 1 nitrogen and oxygen atoms in total. The predicted molar refractivity (Wildman–Crippen MR) is 136 cm³/mol. The van der Waals surface area contributed by atoms with Gasteiger partial charge in [-0.05, 0) is 17.4 Å². The molecule has 2 aromatic rings. The molecular weight excluding hydrogens is 468 g/mol. The van der Waals surface area contributed by atoms with E-state index in [-0.39, 0.29) is 5.75 Å². The molecule has 0 saturated carbocycles. The molecule has 0 heterocycles. The van der Waals surface area contributed by atoms with Gasteiger partial charge >= 0.3 is 6.36 Å². The molecule has 0 aromatic heterocycles. The Morgan fingerprint density at radius 1 is 0.812 bits per heavy atom. The summed E-state index contributed by atoms with van der Waals surface area (Å²) in [6, 6.07) is 18.6. The molecule has 7 heteroatoms. The van der Waals surface area contributed by atoms with Crippen LogP contribution >= 0.6 is 18.5 Å². The highest BCUT2D eigenvalue weighted by Crippen LogP contribution is 2.42. The van der Waals surface area contributed by atoms with Crippen LogP contribution in [0, 0.1) is 0 Å². The largest absolute Gasteiger partial charge is 0.573 e. The summed E-state index contributed by atoms with van der Waals surface area (Å²) in [5.74, 6) is -0.220. The summed E-state index contributed by atoms with van der Waals surface area (Å²) in [6.07, 6.45) is 2.63. The number of rotatable bonds is 13. The SMILES string of the molecule is CCCC[Si](CCCC)(CCCC)c1ccc(P(Cl)c2ccccc2OC(F)(F)F)cc1. The lowest BCUT2D eigenvalue weighted by Crippen LogP contribution is -2.47. The molecule has 2 rings (SSSR count). The molecular formula is C25H35ClF3OPSi. The van der Waals surface area contributed by atoms with Gasteiger partial charge in [0.25, 0.3) is 0 Å². The molecule has 0 amide bonds. The number of benzene rings is 2.